The van der Waals surface area contributed by atoms with Crippen LogP contribution in [0.2, 0.25) is 0 Å². The van der Waals surface area contributed by atoms with Crippen molar-refractivity contribution in [2.75, 3.05) is 59.6 Å². The van der Waals surface area contributed by atoms with Gasteiger partial charge in [-0.1, -0.05) is 12.1 Å². The number of nitrogens with zero attached hydrogens (tertiary/aromatic N) is 3. The van der Waals surface area contributed by atoms with Crippen molar-refractivity contribution in [3.05, 3.63) is 24.3 Å². The van der Waals surface area contributed by atoms with E-state index < -0.39 is 0 Å². The van der Waals surface area contributed by atoms with Crippen molar-refractivity contribution >= 4 is 35.8 Å². The minimum atomic E-state index is -0.0922. The number of methoxy groups -OCH3 is 1. The number of carbonyl (C=O) groups is 1. The largest absolute Gasteiger partial charge is 0.493 e. The summed E-state index contributed by atoms with van der Waals surface area (Å²) >= 11 is 0. The Balaban J connectivity index is 0.00000363. The van der Waals surface area contributed by atoms with E-state index in [2.05, 4.69) is 17.1 Å². The molecule has 0 saturated carbocycles. The molecule has 0 radical (unpaired) electrons. The van der Waals surface area contributed by atoms with Crippen LogP contribution in [-0.4, -0.2) is 87.4 Å². The van der Waals surface area contributed by atoms with Gasteiger partial charge in [0.15, 0.2) is 17.5 Å². The van der Waals surface area contributed by atoms with Crippen LogP contribution in [0, 0.1) is 5.92 Å². The van der Waals surface area contributed by atoms with Gasteiger partial charge in [0, 0.05) is 38.6 Å². The summed E-state index contributed by atoms with van der Waals surface area (Å²) in [5.74, 6) is 2.71. The number of aliphatic imine (C=N–C) groups is 1. The van der Waals surface area contributed by atoms with Crippen molar-refractivity contribution in [1.29, 1.82) is 0 Å². The minimum absolute atomic E-state index is 0. The molecule has 32 heavy (non-hydrogen) atoms. The van der Waals surface area contributed by atoms with Crippen molar-refractivity contribution in [2.24, 2.45) is 10.9 Å². The fourth-order valence-corrected chi connectivity index (χ4v) is 3.99. The lowest BCUT2D eigenvalue weighted by Crippen LogP contribution is -2.50. The highest BCUT2D eigenvalue weighted by Crippen LogP contribution is 2.27. The summed E-state index contributed by atoms with van der Waals surface area (Å²) in [6.45, 7) is 9.79. The molecule has 0 bridgehead atoms. The molecule has 1 aromatic carbocycles. The van der Waals surface area contributed by atoms with Crippen LogP contribution in [-0.2, 0) is 9.53 Å². The average Bonchev–Trinajstić information content (AvgIpc) is 2.82. The summed E-state index contributed by atoms with van der Waals surface area (Å²) < 4.78 is 16.8. The second-order valence-corrected chi connectivity index (χ2v) is 7.97. The lowest BCUT2D eigenvalue weighted by Gasteiger charge is -2.36. The van der Waals surface area contributed by atoms with E-state index in [0.717, 1.165) is 49.9 Å². The summed E-state index contributed by atoms with van der Waals surface area (Å²) in [6.07, 6.45) is 1.62. The number of ether oxygens (including phenoxy) is 3. The normalized spacial score (nSPS) is 18.5. The molecule has 0 aliphatic carbocycles. The van der Waals surface area contributed by atoms with Crippen molar-refractivity contribution in [3.8, 4) is 11.5 Å². The Morgan fingerprint density at radius 3 is 2.44 bits per heavy atom. The van der Waals surface area contributed by atoms with Crippen LogP contribution in [0.15, 0.2) is 29.3 Å². The van der Waals surface area contributed by atoms with Gasteiger partial charge < -0.3 is 29.3 Å². The Morgan fingerprint density at radius 2 is 1.81 bits per heavy atom. The SMILES string of the molecule is CCNC(=NCC(C)Oc1ccccc1OC)N1CCC(C(=O)N2CCOCC2)CC1.I. The van der Waals surface area contributed by atoms with E-state index in [0.29, 0.717) is 32.8 Å². The molecule has 0 aromatic heterocycles. The molecule has 1 atom stereocenters. The third-order valence-electron chi connectivity index (χ3n) is 5.70. The lowest BCUT2D eigenvalue weighted by molar-refractivity contribution is -0.140. The molecule has 2 saturated heterocycles. The fourth-order valence-electron chi connectivity index (χ4n) is 3.99. The molecule has 2 heterocycles. The molecule has 3 rings (SSSR count). The molecular formula is C23H37IN4O4. The van der Waals surface area contributed by atoms with Crippen LogP contribution in [0.5, 0.6) is 11.5 Å². The van der Waals surface area contributed by atoms with Gasteiger partial charge in [0.1, 0.15) is 6.10 Å². The molecule has 180 valence electrons. The van der Waals surface area contributed by atoms with Gasteiger partial charge in [0.05, 0.1) is 26.9 Å². The zero-order valence-corrected chi connectivity index (χ0v) is 21.7. The average molecular weight is 560 g/mol. The standard InChI is InChI=1S/C23H36N4O4.HI/c1-4-24-23(25-17-18(2)31-21-8-6-5-7-20(21)29-3)27-11-9-19(10-12-27)22(28)26-13-15-30-16-14-26;/h5-8,18-19H,4,9-17H2,1-3H3,(H,24,25);1H. The van der Waals surface area contributed by atoms with Crippen molar-refractivity contribution in [1.82, 2.24) is 15.1 Å². The van der Waals surface area contributed by atoms with Gasteiger partial charge in [0.2, 0.25) is 5.91 Å². The molecule has 0 spiro atoms. The van der Waals surface area contributed by atoms with Crippen LogP contribution in [0.3, 0.4) is 0 Å². The van der Waals surface area contributed by atoms with Crippen molar-refractivity contribution in [2.45, 2.75) is 32.8 Å². The number of benzene rings is 1. The third-order valence-corrected chi connectivity index (χ3v) is 5.70. The van der Waals surface area contributed by atoms with E-state index in [4.69, 9.17) is 19.2 Å². The van der Waals surface area contributed by atoms with Crippen LogP contribution in [0.25, 0.3) is 0 Å². The second-order valence-electron chi connectivity index (χ2n) is 7.97. The first-order valence-electron chi connectivity index (χ1n) is 11.3. The fraction of sp³-hybridized carbons (Fsp3) is 0.652. The van der Waals surface area contributed by atoms with E-state index in [1.165, 1.54) is 0 Å². The summed E-state index contributed by atoms with van der Waals surface area (Å²) in [6, 6.07) is 7.64. The number of carbonyl (C=O) groups excluding carboxylic acids is 1. The van der Waals surface area contributed by atoms with Crippen molar-refractivity contribution < 1.29 is 19.0 Å². The number of rotatable bonds is 7. The molecule has 2 fully saturated rings. The van der Waals surface area contributed by atoms with E-state index in [-0.39, 0.29) is 41.9 Å². The molecule has 1 amide bonds. The Hall–Kier alpha value is -1.75. The van der Waals surface area contributed by atoms with Gasteiger partial charge in [0.25, 0.3) is 0 Å². The topological polar surface area (TPSA) is 75.6 Å². The maximum Gasteiger partial charge on any atom is 0.225 e. The van der Waals surface area contributed by atoms with E-state index in [1.54, 1.807) is 7.11 Å². The van der Waals surface area contributed by atoms with Crippen LogP contribution >= 0.6 is 24.0 Å². The first-order chi connectivity index (χ1) is 15.1. The first-order valence-corrected chi connectivity index (χ1v) is 11.3. The Kier molecular flexibility index (Phi) is 11.4. The number of nitrogens with one attached hydrogen (secondary N) is 1. The number of hydrogen-bond donors (Lipinski definition) is 1. The van der Waals surface area contributed by atoms with Gasteiger partial charge in [-0.15, -0.1) is 24.0 Å². The number of amides is 1. The van der Waals surface area contributed by atoms with Crippen molar-refractivity contribution in [3.63, 3.8) is 0 Å². The molecular weight excluding hydrogens is 523 g/mol. The monoisotopic (exact) mass is 560 g/mol. The number of piperidine rings is 1. The zero-order chi connectivity index (χ0) is 22.1. The Labute approximate surface area is 208 Å². The molecule has 1 unspecified atom stereocenters. The number of halogens is 1. The molecule has 1 N–H and O–H groups in total. The van der Waals surface area contributed by atoms with Gasteiger partial charge >= 0.3 is 0 Å². The van der Waals surface area contributed by atoms with Crippen LogP contribution in [0.4, 0.5) is 0 Å². The van der Waals surface area contributed by atoms with Gasteiger partial charge in [-0.2, -0.15) is 0 Å². The molecule has 2 aliphatic rings. The molecule has 1 aromatic rings. The predicted octanol–water partition coefficient (Wildman–Crippen LogP) is 2.62. The van der Waals surface area contributed by atoms with E-state index in [1.807, 2.05) is 36.1 Å². The quantitative estimate of drug-likeness (QED) is 0.314. The van der Waals surface area contributed by atoms with Gasteiger partial charge in [-0.3, -0.25) is 4.79 Å². The number of hydrogen-bond acceptors (Lipinski definition) is 5. The number of guanidine groups is 1. The Bertz CT molecular complexity index is 734. The van der Waals surface area contributed by atoms with Gasteiger partial charge in [-0.25, -0.2) is 4.99 Å². The maximum atomic E-state index is 12.8. The lowest BCUT2D eigenvalue weighted by atomic mass is 9.95. The van der Waals surface area contributed by atoms with E-state index >= 15 is 0 Å². The highest BCUT2D eigenvalue weighted by molar-refractivity contribution is 14.0. The first kappa shape index (κ1) is 26.5. The van der Waals surface area contributed by atoms with Crippen LogP contribution in [0.1, 0.15) is 26.7 Å². The summed E-state index contributed by atoms with van der Waals surface area (Å²) in [5.41, 5.74) is 0. The molecule has 8 nitrogen and oxygen atoms in total. The third kappa shape index (κ3) is 7.40. The number of para-hydroxylation sites is 2. The highest BCUT2D eigenvalue weighted by atomic mass is 127. The van der Waals surface area contributed by atoms with Gasteiger partial charge in [-0.05, 0) is 38.8 Å². The minimum Gasteiger partial charge on any atom is -0.493 e. The second kappa shape index (κ2) is 13.7. The molecule has 9 heteroatoms. The smallest absolute Gasteiger partial charge is 0.225 e. The summed E-state index contributed by atoms with van der Waals surface area (Å²) in [4.78, 5) is 21.8. The highest BCUT2D eigenvalue weighted by Gasteiger charge is 2.30. The predicted molar refractivity (Wildman–Crippen MR) is 136 cm³/mol. The molecule has 2 aliphatic heterocycles. The maximum absolute atomic E-state index is 12.8. The zero-order valence-electron chi connectivity index (χ0n) is 19.4. The number of likely N-dealkylation sites (tertiary alicyclic amines) is 1. The van der Waals surface area contributed by atoms with E-state index in [9.17, 15) is 4.79 Å². The summed E-state index contributed by atoms with van der Waals surface area (Å²) in [7, 11) is 1.64. The number of morpholine rings is 1. The Morgan fingerprint density at radius 1 is 1.16 bits per heavy atom. The van der Waals surface area contributed by atoms with Crippen LogP contribution < -0.4 is 14.8 Å². The summed E-state index contributed by atoms with van der Waals surface area (Å²) in [5, 5.41) is 3.39.